The lowest BCUT2D eigenvalue weighted by Gasteiger charge is -2.44. The number of hydrogen-bond acceptors (Lipinski definition) is 2. The summed E-state index contributed by atoms with van der Waals surface area (Å²) in [4.78, 5) is 0. The topological polar surface area (TPSA) is 32.3 Å². The van der Waals surface area contributed by atoms with Crippen LogP contribution >= 0.6 is 0 Å². The monoisotopic (exact) mass is 235 g/mol. The van der Waals surface area contributed by atoms with E-state index in [1.54, 1.807) is 0 Å². The first-order chi connectivity index (χ1) is 8.16. The fourth-order valence-electron chi connectivity index (χ4n) is 4.06. The van der Waals surface area contributed by atoms with Gasteiger partial charge in [0.2, 0.25) is 0 Å². The van der Waals surface area contributed by atoms with Crippen molar-refractivity contribution in [3.63, 3.8) is 0 Å². The summed E-state index contributed by atoms with van der Waals surface area (Å²) in [6.07, 6.45) is 11.7. The van der Waals surface area contributed by atoms with Gasteiger partial charge in [0.15, 0.2) is 0 Å². The molecular weight excluding hydrogens is 210 g/mol. The van der Waals surface area contributed by atoms with E-state index in [9.17, 15) is 5.11 Å². The minimum absolute atomic E-state index is 0.426. The zero-order chi connectivity index (χ0) is 11.9. The Bertz CT molecular complexity index is 314. The minimum atomic E-state index is -0.426. The average molecular weight is 235 g/mol. The molecule has 2 N–H and O–H groups in total. The molecule has 0 radical (unpaired) electrons. The van der Waals surface area contributed by atoms with Crippen LogP contribution in [-0.2, 0) is 0 Å². The lowest BCUT2D eigenvalue weighted by Crippen LogP contribution is -2.54. The predicted molar refractivity (Wildman–Crippen MR) is 69.7 cm³/mol. The number of hydrogen-bond donors (Lipinski definition) is 2. The lowest BCUT2D eigenvalue weighted by molar-refractivity contribution is -0.0198. The molecule has 2 saturated carbocycles. The van der Waals surface area contributed by atoms with Crippen LogP contribution in [0.3, 0.4) is 0 Å². The summed E-state index contributed by atoms with van der Waals surface area (Å²) in [5.74, 6) is 2.36. The molecule has 5 atom stereocenters. The standard InChI is InChI=1S/C15H25NO/c1-11-4-3-7-15(17,9-11)10-16-14-8-12-5-2-6-13(12)14/h2,6,11-14,16-17H,3-5,7-10H2,1H3. The summed E-state index contributed by atoms with van der Waals surface area (Å²) >= 11 is 0. The number of allylic oxidation sites excluding steroid dienone is 1. The van der Waals surface area contributed by atoms with Crippen molar-refractivity contribution in [3.8, 4) is 0 Å². The second-order valence-corrected chi connectivity index (χ2v) is 6.65. The Morgan fingerprint density at radius 3 is 3.12 bits per heavy atom. The van der Waals surface area contributed by atoms with Crippen LogP contribution in [0.2, 0.25) is 0 Å². The third-order valence-corrected chi connectivity index (χ3v) is 5.12. The molecule has 2 nitrogen and oxygen atoms in total. The second kappa shape index (κ2) is 4.40. The van der Waals surface area contributed by atoms with Gasteiger partial charge in [-0.1, -0.05) is 31.9 Å². The second-order valence-electron chi connectivity index (χ2n) is 6.65. The van der Waals surface area contributed by atoms with Gasteiger partial charge < -0.3 is 10.4 Å². The van der Waals surface area contributed by atoms with E-state index in [0.717, 1.165) is 31.2 Å². The normalized spacial score (nSPS) is 48.8. The maximum Gasteiger partial charge on any atom is 0.0774 e. The number of nitrogens with one attached hydrogen (secondary N) is 1. The third-order valence-electron chi connectivity index (χ3n) is 5.12. The molecule has 0 aromatic carbocycles. The quantitative estimate of drug-likeness (QED) is 0.737. The molecule has 0 aromatic rings. The molecule has 0 saturated heterocycles. The summed E-state index contributed by atoms with van der Waals surface area (Å²) in [7, 11) is 0. The van der Waals surface area contributed by atoms with Crippen LogP contribution in [0.5, 0.6) is 0 Å². The molecule has 0 bridgehead atoms. The number of fused-ring (bicyclic) bond motifs is 1. The average Bonchev–Trinajstić information content (AvgIpc) is 2.60. The van der Waals surface area contributed by atoms with E-state index in [2.05, 4.69) is 24.4 Å². The van der Waals surface area contributed by atoms with Gasteiger partial charge in [0.25, 0.3) is 0 Å². The van der Waals surface area contributed by atoms with Crippen LogP contribution in [0, 0.1) is 17.8 Å². The summed E-state index contributed by atoms with van der Waals surface area (Å²) in [5, 5.41) is 14.2. The zero-order valence-corrected chi connectivity index (χ0v) is 10.9. The Labute approximate surface area is 104 Å². The molecule has 96 valence electrons. The molecule has 0 amide bonds. The molecule has 17 heavy (non-hydrogen) atoms. The van der Waals surface area contributed by atoms with Gasteiger partial charge in [0.05, 0.1) is 5.60 Å². The Morgan fingerprint density at radius 2 is 2.35 bits per heavy atom. The summed E-state index contributed by atoms with van der Waals surface area (Å²) < 4.78 is 0. The fourth-order valence-corrected chi connectivity index (χ4v) is 4.06. The first-order valence-corrected chi connectivity index (χ1v) is 7.29. The van der Waals surface area contributed by atoms with Crippen molar-refractivity contribution >= 4 is 0 Å². The van der Waals surface area contributed by atoms with Crippen LogP contribution < -0.4 is 5.32 Å². The van der Waals surface area contributed by atoms with Gasteiger partial charge in [-0.3, -0.25) is 0 Å². The van der Waals surface area contributed by atoms with Crippen molar-refractivity contribution < 1.29 is 5.11 Å². The van der Waals surface area contributed by atoms with Crippen LogP contribution in [0.15, 0.2) is 12.2 Å². The van der Waals surface area contributed by atoms with Crippen LogP contribution in [0.25, 0.3) is 0 Å². The van der Waals surface area contributed by atoms with Crippen molar-refractivity contribution in [3.05, 3.63) is 12.2 Å². The molecule has 0 aliphatic heterocycles. The summed E-state index contributed by atoms with van der Waals surface area (Å²) in [6, 6.07) is 0.639. The van der Waals surface area contributed by atoms with E-state index in [1.807, 2.05) is 0 Å². The van der Waals surface area contributed by atoms with E-state index >= 15 is 0 Å². The maximum atomic E-state index is 10.6. The van der Waals surface area contributed by atoms with Gasteiger partial charge in [-0.05, 0) is 43.4 Å². The number of rotatable bonds is 3. The van der Waals surface area contributed by atoms with Crippen LogP contribution in [0.1, 0.15) is 45.4 Å². The molecule has 0 spiro atoms. The van der Waals surface area contributed by atoms with Gasteiger partial charge >= 0.3 is 0 Å². The maximum absolute atomic E-state index is 10.6. The summed E-state index contributed by atoms with van der Waals surface area (Å²) in [5.41, 5.74) is -0.426. The van der Waals surface area contributed by atoms with Crippen molar-refractivity contribution in [1.82, 2.24) is 5.32 Å². The van der Waals surface area contributed by atoms with Gasteiger partial charge in [-0.15, -0.1) is 0 Å². The van der Waals surface area contributed by atoms with Gasteiger partial charge in [-0.2, -0.15) is 0 Å². The molecule has 3 aliphatic rings. The van der Waals surface area contributed by atoms with Gasteiger partial charge in [0.1, 0.15) is 0 Å². The molecule has 3 aliphatic carbocycles. The zero-order valence-electron chi connectivity index (χ0n) is 10.9. The summed E-state index contributed by atoms with van der Waals surface area (Å²) in [6.45, 7) is 3.07. The molecule has 0 heterocycles. The first kappa shape index (κ1) is 11.7. The van der Waals surface area contributed by atoms with E-state index in [-0.39, 0.29) is 0 Å². The van der Waals surface area contributed by atoms with Crippen molar-refractivity contribution in [2.45, 2.75) is 57.1 Å². The molecule has 3 rings (SSSR count). The van der Waals surface area contributed by atoms with E-state index in [1.165, 1.54) is 25.7 Å². The fraction of sp³-hybridized carbons (Fsp3) is 0.867. The molecule has 5 unspecified atom stereocenters. The Morgan fingerprint density at radius 1 is 1.47 bits per heavy atom. The molecular formula is C15H25NO. The molecule has 0 aromatic heterocycles. The lowest BCUT2D eigenvalue weighted by atomic mass is 9.70. The minimum Gasteiger partial charge on any atom is -0.389 e. The van der Waals surface area contributed by atoms with Gasteiger partial charge in [-0.25, -0.2) is 0 Å². The predicted octanol–water partition coefficient (Wildman–Crippen LogP) is 2.48. The Hall–Kier alpha value is -0.340. The van der Waals surface area contributed by atoms with Crippen molar-refractivity contribution in [2.75, 3.05) is 6.54 Å². The van der Waals surface area contributed by atoms with E-state index in [0.29, 0.717) is 12.0 Å². The van der Waals surface area contributed by atoms with Crippen LogP contribution in [-0.4, -0.2) is 23.3 Å². The Balaban J connectivity index is 1.49. The third kappa shape index (κ3) is 2.30. The van der Waals surface area contributed by atoms with Gasteiger partial charge in [0, 0.05) is 12.6 Å². The SMILES string of the molecule is CC1CCCC(O)(CNC2CC3CC=CC32)C1. The smallest absolute Gasteiger partial charge is 0.0774 e. The van der Waals surface area contributed by atoms with Crippen LogP contribution in [0.4, 0.5) is 0 Å². The highest BCUT2D eigenvalue weighted by Gasteiger charge is 2.42. The van der Waals surface area contributed by atoms with Crippen molar-refractivity contribution in [1.29, 1.82) is 0 Å². The molecule has 2 heteroatoms. The highest BCUT2D eigenvalue weighted by Crippen LogP contribution is 2.43. The highest BCUT2D eigenvalue weighted by atomic mass is 16.3. The number of aliphatic hydroxyl groups is 1. The largest absolute Gasteiger partial charge is 0.389 e. The highest BCUT2D eigenvalue weighted by molar-refractivity contribution is 5.13. The first-order valence-electron chi connectivity index (χ1n) is 7.29. The van der Waals surface area contributed by atoms with Crippen molar-refractivity contribution in [2.24, 2.45) is 17.8 Å². The molecule has 2 fully saturated rings. The Kier molecular flexibility index (Phi) is 3.04. The van der Waals surface area contributed by atoms with E-state index in [4.69, 9.17) is 0 Å². The van der Waals surface area contributed by atoms with E-state index < -0.39 is 5.60 Å².